The number of fused-ring (bicyclic) bond motifs is 5. The van der Waals surface area contributed by atoms with Crippen LogP contribution in [0.5, 0.6) is 0 Å². The van der Waals surface area contributed by atoms with Crippen LogP contribution in [0.25, 0.3) is 71.7 Å². The number of aromatic nitrogens is 1. The Morgan fingerprint density at radius 1 is 0.839 bits per heavy atom. The number of benzene rings is 6. The second-order valence-corrected chi connectivity index (χ2v) is 13.8. The number of hydrogen-bond acceptors (Lipinski definition) is 2. The molecule has 3 nitrogen and oxygen atoms in total. The number of rotatable bonds is 7. The second-order valence-electron chi connectivity index (χ2n) is 13.8. The standard InChI is InChI=1S/C33H27NO.C19H16N.Ir/c1-22(21-27(19-20-34)25-15-13-24(14-16-25)23-7-2-3-8-23)28-11-6-12-30-31-18-17-26-9-4-5-10-29(26)33(31)35-32(28)30;1-14-8-11-19(20-13-14)17-10-9-15(2)18(12-17)16-6-4-3-5-7-16;/h4-6,9-10,12-21,23H,2-3,7-8H2,1H3;3-9,11-13H,1-2H3;/q-2;-1;+3/b22-21+,27-19+;;/i23D;1D3,2D3;. The van der Waals surface area contributed by atoms with Gasteiger partial charge in [-0.25, -0.2) is 0 Å². The molecule has 1 aliphatic carbocycles. The summed E-state index contributed by atoms with van der Waals surface area (Å²) in [6, 6.07) is 46.7. The van der Waals surface area contributed by atoms with Gasteiger partial charge in [-0.2, -0.15) is 6.21 Å². The van der Waals surface area contributed by atoms with Crippen molar-refractivity contribution in [1.29, 1.82) is 0 Å². The largest absolute Gasteiger partial charge is 3.00 e. The van der Waals surface area contributed by atoms with Crippen LogP contribution >= 0.6 is 0 Å². The van der Waals surface area contributed by atoms with E-state index < -0.39 is 19.6 Å². The first-order valence-corrected chi connectivity index (χ1v) is 18.5. The third-order valence-electron chi connectivity index (χ3n) is 10.3. The van der Waals surface area contributed by atoms with Crippen LogP contribution in [-0.4, -0.2) is 11.2 Å². The number of nitrogens with zero attached hydrogens (tertiary/aromatic N) is 2. The van der Waals surface area contributed by atoms with Crippen molar-refractivity contribution in [2.45, 2.75) is 52.2 Å². The van der Waals surface area contributed by atoms with Crippen LogP contribution in [0, 0.1) is 25.8 Å². The molecule has 0 bridgehead atoms. The van der Waals surface area contributed by atoms with Gasteiger partial charge in [0.05, 0.1) is 0 Å². The first kappa shape index (κ1) is 30.5. The Hall–Kier alpha value is -5.67. The van der Waals surface area contributed by atoms with Crippen molar-refractivity contribution in [3.63, 3.8) is 0 Å². The molecule has 6 aromatic carbocycles. The number of pyridine rings is 1. The third kappa shape index (κ3) is 8.14. The van der Waals surface area contributed by atoms with Crippen LogP contribution in [0.15, 0.2) is 150 Å². The summed E-state index contributed by atoms with van der Waals surface area (Å²) in [6.07, 6.45) is 10.2. The third-order valence-corrected chi connectivity index (χ3v) is 10.3. The van der Waals surface area contributed by atoms with Gasteiger partial charge in [0.15, 0.2) is 0 Å². The van der Waals surface area contributed by atoms with Gasteiger partial charge in [-0.15, -0.1) is 58.7 Å². The smallest absolute Gasteiger partial charge is 0.811 e. The first-order chi connectivity index (χ1) is 29.7. The van der Waals surface area contributed by atoms with Crippen molar-refractivity contribution in [2.24, 2.45) is 0 Å². The number of furan rings is 1. The van der Waals surface area contributed by atoms with Gasteiger partial charge in [-0.3, -0.25) is 0 Å². The molecule has 0 radical (unpaired) electrons. The van der Waals surface area contributed by atoms with Gasteiger partial charge in [0.2, 0.25) is 0 Å². The zero-order valence-corrected chi connectivity index (χ0v) is 33.3. The molecule has 0 N–H and O–H groups in total. The van der Waals surface area contributed by atoms with Crippen molar-refractivity contribution >= 4 is 50.1 Å². The van der Waals surface area contributed by atoms with E-state index in [1.807, 2.05) is 55.5 Å². The van der Waals surface area contributed by atoms with Gasteiger partial charge in [-0.05, 0) is 64.5 Å². The number of aryl methyl sites for hydroxylation is 2. The van der Waals surface area contributed by atoms with Crippen LogP contribution in [0.1, 0.15) is 75.9 Å². The predicted octanol–water partition coefficient (Wildman–Crippen LogP) is 14.2. The van der Waals surface area contributed by atoms with Gasteiger partial charge >= 0.3 is 20.1 Å². The van der Waals surface area contributed by atoms with E-state index in [-0.39, 0.29) is 31.2 Å². The maximum atomic E-state index is 9.63. The summed E-state index contributed by atoms with van der Waals surface area (Å²) in [5, 5.41) is 14.0. The van der Waals surface area contributed by atoms with Gasteiger partial charge < -0.3 is 14.8 Å². The normalized spacial score (nSPS) is 16.3. The SMILES string of the molecule is [2H]C([2H])([2H])c1ccc(-c2[c-]cc(C([2H])([2H])[2H])c(-c3ccccc3)c2)nc1.[2H]C1(c2ccc(C(=C/C=[N-])/C=C(\C)c3[c-]ccc4c3oc3c5ccccc5ccc43)cc2)CCCC1.[Ir+3]. The Labute approximate surface area is 353 Å². The molecule has 276 valence electrons. The van der Waals surface area contributed by atoms with Crippen LogP contribution in [0.4, 0.5) is 0 Å². The molecule has 0 spiro atoms. The average Bonchev–Trinajstić information content (AvgIpc) is 3.91. The van der Waals surface area contributed by atoms with E-state index in [0.717, 1.165) is 98.0 Å². The van der Waals surface area contributed by atoms with Crippen LogP contribution in [0.2, 0.25) is 0 Å². The molecule has 0 atom stereocenters. The summed E-state index contributed by atoms with van der Waals surface area (Å²) in [6.45, 7) is -2.43. The molecule has 2 heterocycles. The Morgan fingerprint density at radius 3 is 2.38 bits per heavy atom. The molecule has 56 heavy (non-hydrogen) atoms. The van der Waals surface area contributed by atoms with Crippen LogP contribution < -0.4 is 0 Å². The molecule has 0 amide bonds. The molecule has 8 aromatic rings. The van der Waals surface area contributed by atoms with Crippen molar-refractivity contribution in [2.75, 3.05) is 0 Å². The zero-order valence-electron chi connectivity index (χ0n) is 37.9. The molecule has 9 rings (SSSR count). The number of allylic oxidation sites excluding steroid dienone is 4. The molecule has 1 aliphatic rings. The maximum Gasteiger partial charge on any atom is 3.00 e. The summed E-state index contributed by atoms with van der Waals surface area (Å²) in [4.78, 5) is 4.21. The topological polar surface area (TPSA) is 48.3 Å². The molecule has 1 saturated carbocycles. The fraction of sp³-hybridized carbons (Fsp3) is 0.154. The van der Waals surface area contributed by atoms with E-state index in [2.05, 4.69) is 77.8 Å². The Bertz CT molecular complexity index is 2960. The quantitative estimate of drug-likeness (QED) is 0.0909. The zero-order chi connectivity index (χ0) is 43.6. The van der Waals surface area contributed by atoms with Crippen molar-refractivity contribution in [1.82, 2.24) is 4.98 Å². The monoisotopic (exact) mass is 911 g/mol. The van der Waals surface area contributed by atoms with E-state index in [1.54, 1.807) is 18.2 Å². The van der Waals surface area contributed by atoms with E-state index >= 15 is 0 Å². The summed E-state index contributed by atoms with van der Waals surface area (Å²) in [5.74, 6) is -0.465. The van der Waals surface area contributed by atoms with Gasteiger partial charge in [-0.1, -0.05) is 153 Å². The van der Waals surface area contributed by atoms with Crippen LogP contribution in [0.3, 0.4) is 0 Å². The van der Waals surface area contributed by atoms with Crippen molar-refractivity contribution in [3.05, 3.63) is 191 Å². The van der Waals surface area contributed by atoms with Crippen LogP contribution in [-0.2, 0) is 20.1 Å². The van der Waals surface area contributed by atoms with E-state index in [0.29, 0.717) is 16.8 Å². The van der Waals surface area contributed by atoms with E-state index in [1.165, 1.54) is 18.3 Å². The van der Waals surface area contributed by atoms with Gasteiger partial charge in [0.25, 0.3) is 0 Å². The predicted molar refractivity (Wildman–Crippen MR) is 232 cm³/mol. The van der Waals surface area contributed by atoms with Crippen molar-refractivity contribution < 1.29 is 34.1 Å². The fourth-order valence-electron chi connectivity index (χ4n) is 7.41. The maximum absolute atomic E-state index is 9.63. The molecule has 0 unspecified atom stereocenters. The Morgan fingerprint density at radius 2 is 1.62 bits per heavy atom. The molecule has 1 fully saturated rings. The second kappa shape index (κ2) is 17.4. The molecule has 0 saturated heterocycles. The fourth-order valence-corrected chi connectivity index (χ4v) is 7.41. The summed E-state index contributed by atoms with van der Waals surface area (Å²) >= 11 is 0. The van der Waals surface area contributed by atoms with Crippen molar-refractivity contribution in [3.8, 4) is 22.4 Å². The van der Waals surface area contributed by atoms with Gasteiger partial charge in [0.1, 0.15) is 5.58 Å². The van der Waals surface area contributed by atoms with E-state index in [4.69, 9.17) is 14.0 Å². The minimum absolute atomic E-state index is 0. The molecule has 0 aliphatic heterocycles. The molecular formula is C52H43IrN2O. The molecular weight excluding hydrogens is 861 g/mol. The van der Waals surface area contributed by atoms with Gasteiger partial charge in [0, 0.05) is 32.1 Å². The average molecular weight is 911 g/mol. The molecule has 2 aromatic heterocycles. The number of hydrogen-bond donors (Lipinski definition) is 0. The minimum atomic E-state index is -2.27. The first-order valence-electron chi connectivity index (χ1n) is 22.0. The summed E-state index contributed by atoms with van der Waals surface area (Å²) in [7, 11) is 0. The Kier molecular flexibility index (Phi) is 9.50. The summed E-state index contributed by atoms with van der Waals surface area (Å²) < 4.78 is 60.8. The summed E-state index contributed by atoms with van der Waals surface area (Å²) in [5.41, 5.74) is 9.44. The Balaban J connectivity index is 0.000000196. The minimum Gasteiger partial charge on any atom is -0.811 e. The van der Waals surface area contributed by atoms with E-state index in [9.17, 15) is 5.41 Å². The molecule has 4 heteroatoms.